The number of rotatable bonds is 0. The molecule has 0 radical (unpaired) electrons. The number of hydrogen-bond donors (Lipinski definition) is 1. The summed E-state index contributed by atoms with van der Waals surface area (Å²) < 4.78 is 0. The van der Waals surface area contributed by atoms with E-state index in [-0.39, 0.29) is 0 Å². The van der Waals surface area contributed by atoms with Crippen LogP contribution in [0, 0.1) is 6.92 Å². The van der Waals surface area contributed by atoms with Crippen LogP contribution in [-0.2, 0) is 9.47 Å². The molecular weight excluding hydrogens is 451 g/mol. The van der Waals surface area contributed by atoms with Crippen molar-refractivity contribution >= 4 is 45.6 Å². The van der Waals surface area contributed by atoms with Crippen molar-refractivity contribution in [2.24, 2.45) is 0 Å². The van der Waals surface area contributed by atoms with Gasteiger partial charge in [-0.3, -0.25) is 0 Å². The van der Waals surface area contributed by atoms with Gasteiger partial charge in [-0.1, -0.05) is 45.9 Å². The van der Waals surface area contributed by atoms with Crippen LogP contribution in [-0.4, -0.2) is 0 Å². The molecule has 0 aromatic heterocycles. The molecule has 15 heavy (non-hydrogen) atoms. The van der Waals surface area contributed by atoms with E-state index in [1.807, 2.05) is 58.9 Å². The average Bonchev–Trinajstić information content (AvgIpc) is 2.29. The first-order valence-electron chi connectivity index (χ1n) is 4.95. The van der Waals surface area contributed by atoms with E-state index in [9.17, 15) is 0 Å². The van der Waals surface area contributed by atoms with Crippen LogP contribution in [0.2, 0.25) is 0 Å². The molecule has 0 amide bonds. The van der Waals surface area contributed by atoms with Crippen molar-refractivity contribution in [1.29, 1.82) is 0 Å². The van der Waals surface area contributed by atoms with E-state index in [1.54, 1.807) is 0 Å². The Morgan fingerprint density at radius 1 is 1.00 bits per heavy atom. The van der Waals surface area contributed by atoms with E-state index in [4.69, 9.17) is 5.73 Å². The minimum atomic E-state index is 0.628. The molecule has 1 rings (SSSR count). The van der Waals surface area contributed by atoms with Crippen LogP contribution in [0.25, 0.3) is 0 Å². The summed E-state index contributed by atoms with van der Waals surface area (Å²) in [7, 11) is 0.628. The molecule has 0 saturated carbocycles. The summed E-state index contributed by atoms with van der Waals surface area (Å²) in [5, 5.41) is 0. The minimum absolute atomic E-state index is 0.628. The topological polar surface area (TPSA) is 26.0 Å². The van der Waals surface area contributed by atoms with Gasteiger partial charge in [-0.2, -0.15) is 0 Å². The Balaban J connectivity index is -0.000000176. The van der Waals surface area contributed by atoms with Gasteiger partial charge in [-0.15, -0.1) is 0 Å². The van der Waals surface area contributed by atoms with Crippen molar-refractivity contribution in [2.45, 2.75) is 34.6 Å². The number of para-hydroxylation sites is 1. The van der Waals surface area contributed by atoms with Crippen molar-refractivity contribution in [3.63, 3.8) is 0 Å². The predicted octanol–water partition coefficient (Wildman–Crippen LogP) is 5.40. The Kier molecular flexibility index (Phi) is 29.2. The first kappa shape index (κ1) is 21.4. The van der Waals surface area contributed by atoms with Crippen LogP contribution in [0.4, 0.5) is 5.69 Å². The number of halogens is 2. The quantitative estimate of drug-likeness (QED) is 0.398. The molecule has 0 heterocycles. The van der Waals surface area contributed by atoms with E-state index < -0.39 is 0 Å². The summed E-state index contributed by atoms with van der Waals surface area (Å²) >= 11 is 4.74. The molecule has 1 aromatic carbocycles. The standard InChI is InChI=1S/C7H9N.2C2H6.2HI.V/c1-6-4-2-3-5-7(6)8;2*1-2;;;/h2-5H,8H2,1H3;2*1-2H3;2*1H;/q;;;;;+2/p-2. The molecule has 0 aliphatic carbocycles. The van der Waals surface area contributed by atoms with Gasteiger partial charge in [0.25, 0.3) is 0 Å². The number of nitrogens with two attached hydrogens (primary N) is 1. The molecule has 0 aliphatic rings. The fourth-order valence-electron chi connectivity index (χ4n) is 0.587. The molecule has 0 aliphatic heterocycles. The third-order valence-corrected chi connectivity index (χ3v) is 1.19. The van der Waals surface area contributed by atoms with Gasteiger partial charge in [0, 0.05) is 5.69 Å². The molecule has 2 N–H and O–H groups in total. The van der Waals surface area contributed by atoms with Crippen molar-refractivity contribution in [3.8, 4) is 0 Å². The monoisotopic (exact) mass is 472 g/mol. The van der Waals surface area contributed by atoms with Gasteiger partial charge in [0.2, 0.25) is 0 Å². The van der Waals surface area contributed by atoms with E-state index in [1.165, 1.54) is 0 Å². The molecule has 0 spiro atoms. The third kappa shape index (κ3) is 17.7. The van der Waals surface area contributed by atoms with Crippen LogP contribution < -0.4 is 5.73 Å². The van der Waals surface area contributed by atoms with Gasteiger partial charge in [0.05, 0.1) is 0 Å². The molecule has 0 bridgehead atoms. The van der Waals surface area contributed by atoms with Gasteiger partial charge in [0.15, 0.2) is 0 Å². The van der Waals surface area contributed by atoms with Gasteiger partial charge < -0.3 is 5.73 Å². The van der Waals surface area contributed by atoms with Gasteiger partial charge in [-0.25, -0.2) is 0 Å². The average molecular weight is 472 g/mol. The fourth-order valence-corrected chi connectivity index (χ4v) is 0.587. The third-order valence-electron chi connectivity index (χ3n) is 1.19. The van der Waals surface area contributed by atoms with Crippen LogP contribution >= 0.6 is 40.0 Å². The number of nitrogen functional groups attached to an aromatic ring is 1. The Morgan fingerprint density at radius 3 is 1.53 bits per heavy atom. The fraction of sp³-hybridized carbons (Fsp3) is 0.455. The number of benzene rings is 1. The second-order valence-corrected chi connectivity index (χ2v) is 13.7. The molecule has 0 atom stereocenters. The summed E-state index contributed by atoms with van der Waals surface area (Å²) in [5.74, 6) is 0. The zero-order valence-corrected chi connectivity index (χ0v) is 15.8. The van der Waals surface area contributed by atoms with Crippen LogP contribution in [0.15, 0.2) is 24.3 Å². The Bertz CT molecular complexity index is 187. The Labute approximate surface area is 124 Å². The second-order valence-electron chi connectivity index (χ2n) is 1.92. The van der Waals surface area contributed by atoms with Crippen LogP contribution in [0.3, 0.4) is 0 Å². The van der Waals surface area contributed by atoms with Gasteiger partial charge in [0.1, 0.15) is 0 Å². The predicted molar refractivity (Wildman–Crippen MR) is 86.3 cm³/mol. The molecule has 89 valence electrons. The molecule has 1 aromatic rings. The SMILES string of the molecule is CC.CC.Cc1ccccc1N.[I][V][I]. The van der Waals surface area contributed by atoms with Gasteiger partial charge >= 0.3 is 49.4 Å². The molecule has 0 fully saturated rings. The zero-order valence-electron chi connectivity index (χ0n) is 10.1. The Morgan fingerprint density at radius 2 is 1.33 bits per heavy atom. The molecule has 0 unspecified atom stereocenters. The molecule has 0 saturated heterocycles. The summed E-state index contributed by atoms with van der Waals surface area (Å²) in [6.45, 7) is 10.00. The van der Waals surface area contributed by atoms with Crippen LogP contribution in [0.5, 0.6) is 0 Å². The summed E-state index contributed by atoms with van der Waals surface area (Å²) in [5.41, 5.74) is 7.53. The van der Waals surface area contributed by atoms with E-state index in [0.29, 0.717) is 9.47 Å². The zero-order chi connectivity index (χ0) is 12.7. The van der Waals surface area contributed by atoms with Crippen molar-refractivity contribution < 1.29 is 9.47 Å². The molecule has 4 heteroatoms. The normalized spacial score (nSPS) is 6.60. The van der Waals surface area contributed by atoms with Crippen molar-refractivity contribution in [1.82, 2.24) is 0 Å². The van der Waals surface area contributed by atoms with Crippen molar-refractivity contribution in [2.75, 3.05) is 5.73 Å². The Hall–Kier alpha value is 1.06. The number of aryl methyl sites for hydroxylation is 1. The van der Waals surface area contributed by atoms with Gasteiger partial charge in [-0.05, 0) is 18.6 Å². The molecular formula is C11H21I2NV. The van der Waals surface area contributed by atoms with E-state index in [2.05, 4.69) is 40.0 Å². The maximum absolute atomic E-state index is 5.52. The summed E-state index contributed by atoms with van der Waals surface area (Å²) in [6.07, 6.45) is 0. The number of anilines is 1. The summed E-state index contributed by atoms with van der Waals surface area (Å²) in [4.78, 5) is 0. The first-order valence-corrected chi connectivity index (χ1v) is 14.0. The van der Waals surface area contributed by atoms with E-state index in [0.717, 1.165) is 11.3 Å². The number of hydrogen-bond acceptors (Lipinski definition) is 1. The van der Waals surface area contributed by atoms with E-state index >= 15 is 0 Å². The first-order chi connectivity index (χ1) is 7.22. The van der Waals surface area contributed by atoms with Crippen molar-refractivity contribution in [3.05, 3.63) is 29.8 Å². The molecule has 1 nitrogen and oxygen atoms in total. The van der Waals surface area contributed by atoms with Crippen LogP contribution in [0.1, 0.15) is 33.3 Å². The maximum atomic E-state index is 5.52. The summed E-state index contributed by atoms with van der Waals surface area (Å²) in [6, 6.07) is 7.80. The second kappa shape index (κ2) is 20.5.